The van der Waals surface area contributed by atoms with Crippen LogP contribution in [0.1, 0.15) is 41.5 Å². The van der Waals surface area contributed by atoms with Crippen LogP contribution in [0, 0.1) is 5.82 Å². The predicted octanol–water partition coefficient (Wildman–Crippen LogP) is 3.20. The van der Waals surface area contributed by atoms with Gasteiger partial charge in [0.05, 0.1) is 13.2 Å². The number of pyridine rings is 1. The molecule has 1 aromatic carbocycles. The van der Waals surface area contributed by atoms with Crippen LogP contribution in [0.2, 0.25) is 0 Å². The number of aromatic nitrogens is 1. The third kappa shape index (κ3) is 3.85. The summed E-state index contributed by atoms with van der Waals surface area (Å²) in [7, 11) is 1.27. The predicted molar refractivity (Wildman–Crippen MR) is 101 cm³/mol. The second-order valence-corrected chi connectivity index (χ2v) is 7.60. The lowest BCUT2D eigenvalue weighted by atomic mass is 10.00. The maximum atomic E-state index is 13.1. The van der Waals surface area contributed by atoms with Crippen LogP contribution >= 0.6 is 11.8 Å². The zero-order valence-corrected chi connectivity index (χ0v) is 15.8. The molecule has 0 fully saturated rings. The van der Waals surface area contributed by atoms with Crippen LogP contribution in [0.3, 0.4) is 0 Å². The van der Waals surface area contributed by atoms with Crippen molar-refractivity contribution in [2.24, 2.45) is 4.99 Å². The Morgan fingerprint density at radius 3 is 2.67 bits per heavy atom. The first-order valence-corrected chi connectivity index (χ1v) is 9.04. The van der Waals surface area contributed by atoms with Gasteiger partial charge in [-0.15, -0.1) is 0 Å². The molecular weight excluding hydrogens is 369 g/mol. The van der Waals surface area contributed by atoms with E-state index in [4.69, 9.17) is 0 Å². The third-order valence-corrected chi connectivity index (χ3v) is 5.55. The first-order valence-electron chi connectivity index (χ1n) is 8.22. The van der Waals surface area contributed by atoms with E-state index in [9.17, 15) is 14.0 Å². The van der Waals surface area contributed by atoms with E-state index >= 15 is 0 Å². The summed E-state index contributed by atoms with van der Waals surface area (Å²) >= 11 is 1.26. The lowest BCUT2D eigenvalue weighted by molar-refractivity contribution is -0.119. The molecule has 1 amide bonds. The number of amides is 1. The fourth-order valence-corrected chi connectivity index (χ4v) is 3.80. The Labute approximate surface area is 160 Å². The maximum Gasteiger partial charge on any atom is 0.356 e. The number of nitrogens with one attached hydrogen (secondary N) is 1. The highest BCUT2D eigenvalue weighted by atomic mass is 32.2. The van der Waals surface area contributed by atoms with Crippen molar-refractivity contribution >= 4 is 28.8 Å². The smallest absolute Gasteiger partial charge is 0.356 e. The van der Waals surface area contributed by atoms with Gasteiger partial charge in [-0.1, -0.05) is 23.9 Å². The molecule has 3 rings (SSSR count). The third-order valence-electron chi connectivity index (χ3n) is 4.33. The lowest BCUT2D eigenvalue weighted by Gasteiger charge is -2.22. The Hall–Kier alpha value is -2.74. The van der Waals surface area contributed by atoms with Crippen molar-refractivity contribution in [2.45, 2.75) is 24.6 Å². The maximum absolute atomic E-state index is 13.1. The van der Waals surface area contributed by atoms with Gasteiger partial charge in [-0.05, 0) is 49.2 Å². The van der Waals surface area contributed by atoms with Gasteiger partial charge < -0.3 is 10.1 Å². The van der Waals surface area contributed by atoms with Gasteiger partial charge in [0.1, 0.15) is 16.3 Å². The Balaban J connectivity index is 1.78. The summed E-state index contributed by atoms with van der Waals surface area (Å²) in [5.41, 5.74) is 1.62. The minimum atomic E-state index is -0.976. The zero-order chi connectivity index (χ0) is 19.6. The van der Waals surface area contributed by atoms with Crippen molar-refractivity contribution in [1.29, 1.82) is 0 Å². The molecule has 0 saturated heterocycles. The van der Waals surface area contributed by atoms with Gasteiger partial charge in [-0.3, -0.25) is 4.79 Å². The van der Waals surface area contributed by atoms with Crippen molar-refractivity contribution in [2.75, 3.05) is 7.11 Å². The molecule has 0 saturated carbocycles. The van der Waals surface area contributed by atoms with E-state index in [0.29, 0.717) is 10.7 Å². The van der Waals surface area contributed by atoms with Crippen LogP contribution in [-0.2, 0) is 14.3 Å². The first kappa shape index (κ1) is 19.0. The summed E-state index contributed by atoms with van der Waals surface area (Å²) in [6, 6.07) is 9.20. The van der Waals surface area contributed by atoms with Crippen LogP contribution in [0.5, 0.6) is 0 Å². The second kappa shape index (κ2) is 7.48. The van der Waals surface area contributed by atoms with Crippen LogP contribution < -0.4 is 5.32 Å². The van der Waals surface area contributed by atoms with Crippen LogP contribution in [0.15, 0.2) is 47.6 Å². The Morgan fingerprint density at radius 1 is 1.30 bits per heavy atom. The number of carbonyl (C=O) groups is 2. The zero-order valence-electron chi connectivity index (χ0n) is 15.0. The molecule has 2 atom stereocenters. The molecule has 1 N–H and O–H groups in total. The summed E-state index contributed by atoms with van der Waals surface area (Å²) in [6.45, 7) is 3.65. The Morgan fingerprint density at radius 2 is 2.00 bits per heavy atom. The van der Waals surface area contributed by atoms with E-state index in [1.54, 1.807) is 31.2 Å². The molecule has 0 radical (unpaired) electrons. The molecule has 27 heavy (non-hydrogen) atoms. The van der Waals surface area contributed by atoms with Crippen molar-refractivity contribution in [3.05, 3.63) is 65.2 Å². The van der Waals surface area contributed by atoms with Gasteiger partial charge in [0.25, 0.3) is 5.91 Å². The van der Waals surface area contributed by atoms with Gasteiger partial charge in [-0.2, -0.15) is 4.99 Å². The lowest BCUT2D eigenvalue weighted by Crippen LogP contribution is -2.27. The van der Waals surface area contributed by atoms with E-state index in [0.717, 1.165) is 5.56 Å². The average Bonchev–Trinajstić information content (AvgIpc) is 2.96. The van der Waals surface area contributed by atoms with Crippen LogP contribution in [0.4, 0.5) is 4.39 Å². The normalized spacial score (nSPS) is 20.1. The van der Waals surface area contributed by atoms with Gasteiger partial charge in [0.15, 0.2) is 5.17 Å². The quantitative estimate of drug-likeness (QED) is 0.812. The fraction of sp³-hybridized carbons (Fsp3) is 0.263. The minimum absolute atomic E-state index is 0.130. The molecule has 1 aromatic heterocycles. The Bertz CT molecular complexity index is 917. The average molecular weight is 387 g/mol. The van der Waals surface area contributed by atoms with Gasteiger partial charge in [0.2, 0.25) is 0 Å². The SMILES string of the molecule is COC(=O)c1cc(C2(C)SC(N[C@@H](C)c3ccc(F)cc3)=NC2=O)ccn1. The highest BCUT2D eigenvalue weighted by Gasteiger charge is 2.43. The number of amidine groups is 1. The standard InChI is InChI=1S/C19H18FN3O3S/c1-11(12-4-6-14(20)7-5-12)22-18-23-17(25)19(2,27-18)13-8-9-21-15(10-13)16(24)26-3/h4-11H,1-3H3,(H,22,23,25)/t11-,19?/m0/s1. The monoisotopic (exact) mass is 387 g/mol. The number of carbonyl (C=O) groups excluding carboxylic acids is 2. The number of thioether (sulfide) groups is 1. The van der Waals surface area contributed by atoms with Gasteiger partial charge >= 0.3 is 5.97 Å². The highest BCUT2D eigenvalue weighted by molar-refractivity contribution is 8.15. The summed E-state index contributed by atoms with van der Waals surface area (Å²) < 4.78 is 16.8. The van der Waals surface area contributed by atoms with Crippen molar-refractivity contribution in [3.8, 4) is 0 Å². The first-order chi connectivity index (χ1) is 12.8. The number of ether oxygens (including phenoxy) is 1. The number of hydrogen-bond donors (Lipinski definition) is 1. The van der Waals surface area contributed by atoms with E-state index in [1.807, 2.05) is 6.92 Å². The van der Waals surface area contributed by atoms with Crippen LogP contribution in [0.25, 0.3) is 0 Å². The second-order valence-electron chi connectivity index (χ2n) is 6.20. The molecular formula is C19H18FN3O3S. The number of rotatable bonds is 4. The molecule has 2 aromatic rings. The molecule has 8 heteroatoms. The Kier molecular flexibility index (Phi) is 5.27. The van der Waals surface area contributed by atoms with E-state index in [-0.39, 0.29) is 23.5 Å². The molecule has 1 aliphatic rings. The topological polar surface area (TPSA) is 80.6 Å². The number of esters is 1. The molecule has 6 nitrogen and oxygen atoms in total. The minimum Gasteiger partial charge on any atom is -0.464 e. The van der Waals surface area contributed by atoms with Crippen molar-refractivity contribution in [1.82, 2.24) is 10.3 Å². The van der Waals surface area contributed by atoms with E-state index < -0.39 is 10.7 Å². The summed E-state index contributed by atoms with van der Waals surface area (Å²) in [5, 5.41) is 3.65. The molecule has 0 spiro atoms. The summed E-state index contributed by atoms with van der Waals surface area (Å²) in [6.07, 6.45) is 1.47. The summed E-state index contributed by atoms with van der Waals surface area (Å²) in [4.78, 5) is 32.4. The number of benzene rings is 1. The van der Waals surface area contributed by atoms with Gasteiger partial charge in [0, 0.05) is 6.20 Å². The fourth-order valence-electron chi connectivity index (χ4n) is 2.67. The van der Waals surface area contributed by atoms with Crippen LogP contribution in [-0.4, -0.2) is 29.1 Å². The summed E-state index contributed by atoms with van der Waals surface area (Å²) in [5.74, 6) is -1.20. The number of methoxy groups -OCH3 is 1. The highest BCUT2D eigenvalue weighted by Crippen LogP contribution is 2.42. The van der Waals surface area contributed by atoms with Gasteiger partial charge in [-0.25, -0.2) is 14.2 Å². The molecule has 0 aliphatic carbocycles. The van der Waals surface area contributed by atoms with Crippen molar-refractivity contribution < 1.29 is 18.7 Å². The molecule has 2 heterocycles. The number of nitrogens with zero attached hydrogens (tertiary/aromatic N) is 2. The molecule has 1 aliphatic heterocycles. The number of halogens is 1. The van der Waals surface area contributed by atoms with E-state index in [2.05, 4.69) is 20.0 Å². The number of aliphatic imine (C=N–C) groups is 1. The van der Waals surface area contributed by atoms with Crippen molar-refractivity contribution in [3.63, 3.8) is 0 Å². The van der Waals surface area contributed by atoms with E-state index in [1.165, 1.54) is 37.2 Å². The molecule has 1 unspecified atom stereocenters. The molecule has 0 bridgehead atoms. The largest absolute Gasteiger partial charge is 0.464 e. The molecule has 140 valence electrons. The number of hydrogen-bond acceptors (Lipinski definition) is 6.